The highest BCUT2D eigenvalue weighted by Gasteiger charge is 2.37. The van der Waals surface area contributed by atoms with Gasteiger partial charge in [-0.1, -0.05) is 20.3 Å². The summed E-state index contributed by atoms with van der Waals surface area (Å²) in [4.78, 5) is 4.29. The lowest BCUT2D eigenvalue weighted by molar-refractivity contribution is 0.104. The smallest absolute Gasteiger partial charge is 0.191 e. The Kier molecular flexibility index (Phi) is 6.90. The van der Waals surface area contributed by atoms with Crippen molar-refractivity contribution in [1.29, 1.82) is 0 Å². The van der Waals surface area contributed by atoms with Crippen LogP contribution in [0.25, 0.3) is 0 Å². The molecular weight excluding hydrogens is 242 g/mol. The molecule has 4 heteroatoms. The first kappa shape index (κ1) is 15.7. The number of guanidine groups is 1. The molecule has 0 spiro atoms. The van der Waals surface area contributed by atoms with E-state index in [0.29, 0.717) is 5.41 Å². The Morgan fingerprint density at radius 3 is 2.50 bits per heavy atom. The molecule has 0 radical (unpaired) electrons. The standard InChI is InChI=1S/C14H29N3S/c1-12(2)10-14(6-5-7-14)11-17-13(15-3)16-8-9-18-4/h12H,5-11H2,1-4H3,(H2,15,16,17). The van der Waals surface area contributed by atoms with E-state index in [1.165, 1.54) is 25.7 Å². The number of aliphatic imine (C=N–C) groups is 1. The minimum Gasteiger partial charge on any atom is -0.356 e. The molecule has 0 unspecified atom stereocenters. The van der Waals surface area contributed by atoms with Crippen LogP contribution in [0.1, 0.15) is 39.5 Å². The first-order valence-corrected chi connectivity index (χ1v) is 8.45. The zero-order valence-electron chi connectivity index (χ0n) is 12.4. The van der Waals surface area contributed by atoms with Crippen LogP contribution >= 0.6 is 11.8 Å². The van der Waals surface area contributed by atoms with Gasteiger partial charge in [0.15, 0.2) is 5.96 Å². The monoisotopic (exact) mass is 271 g/mol. The summed E-state index contributed by atoms with van der Waals surface area (Å²) in [6, 6.07) is 0. The first-order chi connectivity index (χ1) is 8.62. The predicted molar refractivity (Wildman–Crippen MR) is 83.5 cm³/mol. The minimum atomic E-state index is 0.533. The number of thioether (sulfide) groups is 1. The van der Waals surface area contributed by atoms with Crippen LogP contribution in [0.5, 0.6) is 0 Å². The van der Waals surface area contributed by atoms with E-state index < -0.39 is 0 Å². The molecule has 1 fully saturated rings. The van der Waals surface area contributed by atoms with E-state index in [0.717, 1.165) is 30.7 Å². The number of hydrogen-bond donors (Lipinski definition) is 2. The summed E-state index contributed by atoms with van der Waals surface area (Å²) in [6.07, 6.45) is 7.61. The Bertz CT molecular complexity index is 260. The quantitative estimate of drug-likeness (QED) is 0.425. The van der Waals surface area contributed by atoms with Crippen molar-refractivity contribution in [3.8, 4) is 0 Å². The van der Waals surface area contributed by atoms with E-state index in [9.17, 15) is 0 Å². The number of hydrogen-bond acceptors (Lipinski definition) is 2. The van der Waals surface area contributed by atoms with Gasteiger partial charge in [0, 0.05) is 25.9 Å². The zero-order valence-corrected chi connectivity index (χ0v) is 13.2. The van der Waals surface area contributed by atoms with Crippen LogP contribution < -0.4 is 10.6 Å². The first-order valence-electron chi connectivity index (χ1n) is 7.05. The third-order valence-electron chi connectivity index (χ3n) is 3.71. The van der Waals surface area contributed by atoms with Crippen LogP contribution in [0.2, 0.25) is 0 Å². The van der Waals surface area contributed by atoms with Crippen molar-refractivity contribution < 1.29 is 0 Å². The summed E-state index contributed by atoms with van der Waals surface area (Å²) in [5.74, 6) is 2.87. The molecule has 0 bridgehead atoms. The molecule has 0 aromatic carbocycles. The summed E-state index contributed by atoms with van der Waals surface area (Å²) < 4.78 is 0. The maximum Gasteiger partial charge on any atom is 0.191 e. The molecule has 1 saturated carbocycles. The number of rotatable bonds is 7. The molecule has 0 aliphatic heterocycles. The third kappa shape index (κ3) is 5.09. The van der Waals surface area contributed by atoms with Gasteiger partial charge in [-0.05, 0) is 36.9 Å². The van der Waals surface area contributed by atoms with Gasteiger partial charge in [-0.2, -0.15) is 11.8 Å². The van der Waals surface area contributed by atoms with Crippen molar-refractivity contribution >= 4 is 17.7 Å². The van der Waals surface area contributed by atoms with Gasteiger partial charge in [-0.15, -0.1) is 0 Å². The van der Waals surface area contributed by atoms with Gasteiger partial charge in [0.2, 0.25) is 0 Å². The SMILES string of the molecule is CN=C(NCCSC)NCC1(CC(C)C)CCC1. The maximum absolute atomic E-state index is 4.29. The molecule has 0 atom stereocenters. The van der Waals surface area contributed by atoms with Crippen LogP contribution in [0, 0.1) is 11.3 Å². The molecule has 0 amide bonds. The second-order valence-electron chi connectivity index (χ2n) is 5.80. The van der Waals surface area contributed by atoms with Crippen LogP contribution in [-0.4, -0.2) is 38.1 Å². The van der Waals surface area contributed by atoms with E-state index in [4.69, 9.17) is 0 Å². The lowest BCUT2D eigenvalue weighted by Gasteiger charge is -2.43. The van der Waals surface area contributed by atoms with Gasteiger partial charge < -0.3 is 10.6 Å². The van der Waals surface area contributed by atoms with E-state index >= 15 is 0 Å². The molecule has 18 heavy (non-hydrogen) atoms. The summed E-state index contributed by atoms with van der Waals surface area (Å²) in [7, 11) is 1.85. The Morgan fingerprint density at radius 1 is 1.33 bits per heavy atom. The highest BCUT2D eigenvalue weighted by molar-refractivity contribution is 7.98. The van der Waals surface area contributed by atoms with Gasteiger partial charge in [-0.25, -0.2) is 0 Å². The molecule has 0 aromatic rings. The fourth-order valence-corrected chi connectivity index (χ4v) is 3.07. The Balaban J connectivity index is 2.32. The van der Waals surface area contributed by atoms with Gasteiger partial charge in [0.05, 0.1) is 0 Å². The normalized spacial score (nSPS) is 18.6. The summed E-state index contributed by atoms with van der Waals surface area (Å²) >= 11 is 1.86. The van der Waals surface area contributed by atoms with E-state index in [-0.39, 0.29) is 0 Å². The van der Waals surface area contributed by atoms with E-state index in [1.54, 1.807) is 0 Å². The van der Waals surface area contributed by atoms with Gasteiger partial charge in [0.25, 0.3) is 0 Å². The Morgan fingerprint density at radius 2 is 2.06 bits per heavy atom. The van der Waals surface area contributed by atoms with Gasteiger partial charge in [0.1, 0.15) is 0 Å². The van der Waals surface area contributed by atoms with Crippen molar-refractivity contribution in [3.05, 3.63) is 0 Å². The largest absolute Gasteiger partial charge is 0.356 e. The van der Waals surface area contributed by atoms with Crippen molar-refractivity contribution in [3.63, 3.8) is 0 Å². The molecule has 106 valence electrons. The highest BCUT2D eigenvalue weighted by atomic mass is 32.2. The van der Waals surface area contributed by atoms with Crippen LogP contribution in [0.15, 0.2) is 4.99 Å². The third-order valence-corrected chi connectivity index (χ3v) is 4.32. The van der Waals surface area contributed by atoms with E-state index in [2.05, 4.69) is 35.7 Å². The van der Waals surface area contributed by atoms with Crippen molar-refractivity contribution in [1.82, 2.24) is 10.6 Å². The fourth-order valence-electron chi connectivity index (χ4n) is 2.76. The average Bonchev–Trinajstić information content (AvgIpc) is 2.29. The topological polar surface area (TPSA) is 36.4 Å². The molecule has 1 rings (SSSR count). The maximum atomic E-state index is 4.29. The molecular formula is C14H29N3S. The molecule has 2 N–H and O–H groups in total. The molecule has 0 aromatic heterocycles. The number of nitrogens with one attached hydrogen (secondary N) is 2. The number of nitrogens with zero attached hydrogens (tertiary/aromatic N) is 1. The molecule has 3 nitrogen and oxygen atoms in total. The van der Waals surface area contributed by atoms with Crippen molar-refractivity contribution in [2.75, 3.05) is 32.1 Å². The second-order valence-corrected chi connectivity index (χ2v) is 6.78. The Hall–Kier alpha value is -0.380. The predicted octanol–water partition coefficient (Wildman–Crippen LogP) is 2.73. The Labute approximate surface area is 117 Å². The summed E-state index contributed by atoms with van der Waals surface area (Å²) in [5.41, 5.74) is 0.533. The minimum absolute atomic E-state index is 0.533. The summed E-state index contributed by atoms with van der Waals surface area (Å²) in [5, 5.41) is 6.87. The lowest BCUT2D eigenvalue weighted by atomic mass is 9.64. The fraction of sp³-hybridized carbons (Fsp3) is 0.929. The molecule has 1 aliphatic carbocycles. The molecule has 1 aliphatic rings. The van der Waals surface area contributed by atoms with Crippen LogP contribution in [0.4, 0.5) is 0 Å². The molecule has 0 heterocycles. The van der Waals surface area contributed by atoms with Gasteiger partial charge in [-0.3, -0.25) is 4.99 Å². The van der Waals surface area contributed by atoms with Crippen molar-refractivity contribution in [2.45, 2.75) is 39.5 Å². The van der Waals surface area contributed by atoms with E-state index in [1.807, 2.05) is 18.8 Å². The summed E-state index contributed by atoms with van der Waals surface area (Å²) in [6.45, 7) is 6.71. The van der Waals surface area contributed by atoms with Crippen molar-refractivity contribution in [2.24, 2.45) is 16.3 Å². The van der Waals surface area contributed by atoms with Crippen LogP contribution in [-0.2, 0) is 0 Å². The lowest BCUT2D eigenvalue weighted by Crippen LogP contribution is -2.47. The van der Waals surface area contributed by atoms with Gasteiger partial charge >= 0.3 is 0 Å². The zero-order chi connectivity index (χ0) is 13.4. The second kappa shape index (κ2) is 7.93. The van der Waals surface area contributed by atoms with Crippen LogP contribution in [0.3, 0.4) is 0 Å². The highest BCUT2D eigenvalue weighted by Crippen LogP contribution is 2.45. The average molecular weight is 271 g/mol. The molecule has 0 saturated heterocycles.